The van der Waals surface area contributed by atoms with Crippen LogP contribution >= 0.6 is 0 Å². The van der Waals surface area contributed by atoms with Crippen LogP contribution < -0.4 is 16.0 Å². The second-order valence-corrected chi connectivity index (χ2v) is 5.67. The zero-order valence-corrected chi connectivity index (χ0v) is 11.9. The summed E-state index contributed by atoms with van der Waals surface area (Å²) >= 11 is 0. The molecule has 1 fully saturated rings. The van der Waals surface area contributed by atoms with Gasteiger partial charge in [-0.15, -0.1) is 0 Å². The van der Waals surface area contributed by atoms with E-state index in [0.29, 0.717) is 5.95 Å². The summed E-state index contributed by atoms with van der Waals surface area (Å²) in [6.45, 7) is 3.28. The molecule has 1 atom stereocenters. The normalized spacial score (nSPS) is 21.6. The zero-order valence-electron chi connectivity index (χ0n) is 11.9. The Kier molecular flexibility index (Phi) is 3.46. The van der Waals surface area contributed by atoms with E-state index in [9.17, 15) is 4.79 Å². The van der Waals surface area contributed by atoms with Crippen molar-refractivity contribution in [2.45, 2.75) is 45.1 Å². The van der Waals surface area contributed by atoms with Crippen LogP contribution in [0.5, 0.6) is 0 Å². The molecule has 6 heteroatoms. The van der Waals surface area contributed by atoms with Crippen molar-refractivity contribution in [3.63, 3.8) is 0 Å². The van der Waals surface area contributed by atoms with Crippen LogP contribution in [0.15, 0.2) is 0 Å². The zero-order chi connectivity index (χ0) is 14.1. The molecule has 1 amide bonds. The molecule has 20 heavy (non-hydrogen) atoms. The minimum atomic E-state index is 0.0288. The minimum absolute atomic E-state index is 0.0288. The first-order valence-corrected chi connectivity index (χ1v) is 7.31. The molecule has 3 N–H and O–H groups in total. The van der Waals surface area contributed by atoms with Crippen LogP contribution in [0.1, 0.15) is 37.4 Å². The van der Waals surface area contributed by atoms with Crippen LogP contribution in [0.2, 0.25) is 0 Å². The van der Waals surface area contributed by atoms with Gasteiger partial charge in [0.1, 0.15) is 5.82 Å². The molecule has 1 aromatic heterocycles. The van der Waals surface area contributed by atoms with Crippen LogP contribution in [-0.4, -0.2) is 35.0 Å². The van der Waals surface area contributed by atoms with Gasteiger partial charge < -0.3 is 16.0 Å². The number of amides is 1. The SMILES string of the molecule is CC(=O)N[C@H]1CCN(c2nc(N)nc3c2CCCC3)C1. The van der Waals surface area contributed by atoms with Gasteiger partial charge in [-0.05, 0) is 32.1 Å². The van der Waals surface area contributed by atoms with E-state index in [4.69, 9.17) is 5.73 Å². The van der Waals surface area contributed by atoms with Crippen molar-refractivity contribution in [1.82, 2.24) is 15.3 Å². The molecule has 2 heterocycles. The summed E-state index contributed by atoms with van der Waals surface area (Å²) in [6, 6.07) is 0.211. The minimum Gasteiger partial charge on any atom is -0.368 e. The topological polar surface area (TPSA) is 84.1 Å². The van der Waals surface area contributed by atoms with E-state index < -0.39 is 0 Å². The Bertz CT molecular complexity index is 531. The summed E-state index contributed by atoms with van der Waals surface area (Å²) in [4.78, 5) is 22.2. The first kappa shape index (κ1) is 13.1. The highest BCUT2D eigenvalue weighted by Gasteiger charge is 2.28. The maximum atomic E-state index is 11.2. The second kappa shape index (κ2) is 5.26. The van der Waals surface area contributed by atoms with Crippen LogP contribution in [0.3, 0.4) is 0 Å². The third kappa shape index (κ3) is 2.55. The average molecular weight is 275 g/mol. The fraction of sp³-hybridized carbons (Fsp3) is 0.643. The van der Waals surface area contributed by atoms with Gasteiger partial charge in [0.25, 0.3) is 0 Å². The van der Waals surface area contributed by atoms with Crippen LogP contribution in [0.25, 0.3) is 0 Å². The lowest BCUT2D eigenvalue weighted by atomic mass is 9.96. The van der Waals surface area contributed by atoms with E-state index in [1.165, 1.54) is 18.4 Å². The molecular formula is C14H21N5O. The highest BCUT2D eigenvalue weighted by atomic mass is 16.1. The summed E-state index contributed by atoms with van der Waals surface area (Å²) in [5.74, 6) is 1.38. The third-order valence-electron chi connectivity index (χ3n) is 4.07. The molecule has 0 spiro atoms. The van der Waals surface area contributed by atoms with Gasteiger partial charge in [0, 0.05) is 31.6 Å². The summed E-state index contributed by atoms with van der Waals surface area (Å²) in [7, 11) is 0. The fourth-order valence-corrected chi connectivity index (χ4v) is 3.21. The molecule has 0 radical (unpaired) electrons. The molecule has 2 aliphatic rings. The Hall–Kier alpha value is -1.85. The highest BCUT2D eigenvalue weighted by Crippen LogP contribution is 2.30. The van der Waals surface area contributed by atoms with Gasteiger partial charge in [-0.25, -0.2) is 4.98 Å². The maximum absolute atomic E-state index is 11.2. The van der Waals surface area contributed by atoms with Crippen molar-refractivity contribution in [3.05, 3.63) is 11.3 Å². The number of hydrogen-bond donors (Lipinski definition) is 2. The van der Waals surface area contributed by atoms with Crippen molar-refractivity contribution >= 4 is 17.7 Å². The molecule has 1 aromatic rings. The fourth-order valence-electron chi connectivity index (χ4n) is 3.21. The number of fused-ring (bicyclic) bond motifs is 1. The Morgan fingerprint density at radius 1 is 1.35 bits per heavy atom. The highest BCUT2D eigenvalue weighted by molar-refractivity contribution is 5.73. The van der Waals surface area contributed by atoms with E-state index in [1.54, 1.807) is 6.92 Å². The number of nitrogens with two attached hydrogens (primary N) is 1. The lowest BCUT2D eigenvalue weighted by Gasteiger charge is -2.25. The first-order valence-electron chi connectivity index (χ1n) is 7.31. The number of rotatable bonds is 2. The van der Waals surface area contributed by atoms with Crippen molar-refractivity contribution in [2.24, 2.45) is 0 Å². The van der Waals surface area contributed by atoms with Crippen LogP contribution in [0.4, 0.5) is 11.8 Å². The smallest absolute Gasteiger partial charge is 0.222 e. The lowest BCUT2D eigenvalue weighted by molar-refractivity contribution is -0.119. The number of nitrogens with one attached hydrogen (secondary N) is 1. The number of anilines is 2. The van der Waals surface area contributed by atoms with E-state index >= 15 is 0 Å². The summed E-state index contributed by atoms with van der Waals surface area (Å²) < 4.78 is 0. The Morgan fingerprint density at radius 2 is 2.15 bits per heavy atom. The largest absolute Gasteiger partial charge is 0.368 e. The van der Waals surface area contributed by atoms with Crippen molar-refractivity contribution in [3.8, 4) is 0 Å². The third-order valence-corrected chi connectivity index (χ3v) is 4.07. The summed E-state index contributed by atoms with van der Waals surface area (Å²) in [6.07, 6.45) is 5.36. The van der Waals surface area contributed by atoms with E-state index in [1.807, 2.05) is 0 Å². The predicted octanol–water partition coefficient (Wildman–Crippen LogP) is 0.652. The molecule has 0 saturated carbocycles. The lowest BCUT2D eigenvalue weighted by Crippen LogP contribution is -2.36. The molecule has 1 aliphatic carbocycles. The van der Waals surface area contributed by atoms with Gasteiger partial charge in [-0.3, -0.25) is 4.79 Å². The molecular weight excluding hydrogens is 254 g/mol. The number of carbonyl (C=O) groups is 1. The Balaban J connectivity index is 1.84. The van der Waals surface area contributed by atoms with Gasteiger partial charge in [0.2, 0.25) is 11.9 Å². The predicted molar refractivity (Wildman–Crippen MR) is 77.5 cm³/mol. The Morgan fingerprint density at radius 3 is 2.95 bits per heavy atom. The molecule has 6 nitrogen and oxygen atoms in total. The molecule has 0 bridgehead atoms. The van der Waals surface area contributed by atoms with Gasteiger partial charge in [0.05, 0.1) is 5.69 Å². The van der Waals surface area contributed by atoms with E-state index in [-0.39, 0.29) is 11.9 Å². The van der Waals surface area contributed by atoms with Crippen LogP contribution in [0, 0.1) is 0 Å². The first-order chi connectivity index (χ1) is 9.63. The Labute approximate surface area is 118 Å². The van der Waals surface area contributed by atoms with E-state index in [2.05, 4.69) is 20.2 Å². The maximum Gasteiger partial charge on any atom is 0.222 e. The van der Waals surface area contributed by atoms with Crippen molar-refractivity contribution in [2.75, 3.05) is 23.7 Å². The number of carbonyl (C=O) groups excluding carboxylic acids is 1. The molecule has 1 aliphatic heterocycles. The van der Waals surface area contributed by atoms with Crippen molar-refractivity contribution in [1.29, 1.82) is 0 Å². The summed E-state index contributed by atoms with van der Waals surface area (Å²) in [5, 5.41) is 2.98. The van der Waals surface area contributed by atoms with Gasteiger partial charge in [-0.1, -0.05) is 0 Å². The average Bonchev–Trinajstić information content (AvgIpc) is 2.85. The molecule has 108 valence electrons. The molecule has 1 saturated heterocycles. The second-order valence-electron chi connectivity index (χ2n) is 5.67. The number of aromatic nitrogens is 2. The quantitative estimate of drug-likeness (QED) is 0.828. The standard InChI is InChI=1S/C14H21N5O/c1-9(20)16-10-6-7-19(8-10)13-11-4-2-3-5-12(11)17-14(15)18-13/h10H,2-8H2,1H3,(H,16,20)(H2,15,17,18)/t10-/m0/s1. The number of nitrogen functional groups attached to an aromatic ring is 1. The summed E-state index contributed by atoms with van der Waals surface area (Å²) in [5.41, 5.74) is 8.22. The monoisotopic (exact) mass is 275 g/mol. The van der Waals surface area contributed by atoms with E-state index in [0.717, 1.165) is 43.9 Å². The van der Waals surface area contributed by atoms with Gasteiger partial charge in [-0.2, -0.15) is 4.98 Å². The van der Waals surface area contributed by atoms with Crippen LogP contribution in [-0.2, 0) is 17.6 Å². The molecule has 0 unspecified atom stereocenters. The number of hydrogen-bond acceptors (Lipinski definition) is 5. The molecule has 0 aromatic carbocycles. The number of aryl methyl sites for hydroxylation is 1. The van der Waals surface area contributed by atoms with Gasteiger partial charge in [0.15, 0.2) is 0 Å². The number of nitrogens with zero attached hydrogens (tertiary/aromatic N) is 3. The van der Waals surface area contributed by atoms with Gasteiger partial charge >= 0.3 is 0 Å². The van der Waals surface area contributed by atoms with Crippen molar-refractivity contribution < 1.29 is 4.79 Å². The molecule has 3 rings (SSSR count).